The maximum atomic E-state index is 13.1. The fraction of sp³-hybridized carbons (Fsp3) is 0.231. The number of ether oxygens (including phenoxy) is 2. The maximum absolute atomic E-state index is 13.1. The number of methoxy groups -OCH3 is 1. The van der Waals surface area contributed by atoms with Gasteiger partial charge in [0.1, 0.15) is 17.3 Å². The molecular formula is C26H25FN4O3S. The van der Waals surface area contributed by atoms with Crippen LogP contribution in [0.5, 0.6) is 17.5 Å². The molecule has 0 aliphatic heterocycles. The predicted molar refractivity (Wildman–Crippen MR) is 133 cm³/mol. The number of nitrogens with zero attached hydrogens (tertiary/aromatic N) is 4. The van der Waals surface area contributed by atoms with Gasteiger partial charge in [-0.2, -0.15) is 4.98 Å². The normalized spacial score (nSPS) is 10.8. The third-order valence-electron chi connectivity index (χ3n) is 5.09. The molecule has 2 heterocycles. The molecule has 7 nitrogen and oxygen atoms in total. The zero-order chi connectivity index (χ0) is 24.6. The van der Waals surface area contributed by atoms with E-state index in [0.717, 1.165) is 24.1 Å². The lowest BCUT2D eigenvalue weighted by Crippen LogP contribution is -2.20. The minimum Gasteiger partial charge on any atom is -0.467 e. The first-order valence-corrected chi connectivity index (χ1v) is 12.1. The summed E-state index contributed by atoms with van der Waals surface area (Å²) in [5, 5.41) is 0.679. The number of rotatable bonds is 10. The van der Waals surface area contributed by atoms with Crippen LogP contribution in [0.1, 0.15) is 30.0 Å². The highest BCUT2D eigenvalue weighted by Crippen LogP contribution is 2.25. The van der Waals surface area contributed by atoms with Crippen LogP contribution in [0, 0.1) is 5.82 Å². The first-order chi connectivity index (χ1) is 17.0. The number of thioether (sulfide) groups is 1. The molecule has 4 rings (SSSR count). The summed E-state index contributed by atoms with van der Waals surface area (Å²) in [7, 11) is 1.51. The van der Waals surface area contributed by atoms with Crippen molar-refractivity contribution >= 4 is 11.8 Å². The number of aryl methyl sites for hydroxylation is 1. The van der Waals surface area contributed by atoms with E-state index in [0.29, 0.717) is 34.4 Å². The molecular weight excluding hydrogens is 467 g/mol. The zero-order valence-corrected chi connectivity index (χ0v) is 20.3. The summed E-state index contributed by atoms with van der Waals surface area (Å²) in [6.07, 6.45) is 6.51. The smallest absolute Gasteiger partial charge is 0.316 e. The van der Waals surface area contributed by atoms with Gasteiger partial charge in [-0.3, -0.25) is 4.79 Å². The first-order valence-electron chi connectivity index (χ1n) is 11.1. The molecule has 2 aromatic heterocycles. The Hall–Kier alpha value is -3.72. The lowest BCUT2D eigenvalue weighted by molar-refractivity contribution is 0.379. The Labute approximate surface area is 207 Å². The zero-order valence-electron chi connectivity index (χ0n) is 19.5. The second kappa shape index (κ2) is 11.6. The van der Waals surface area contributed by atoms with E-state index in [9.17, 15) is 9.18 Å². The molecule has 35 heavy (non-hydrogen) atoms. The molecule has 0 amide bonds. The molecule has 4 aromatic rings. The van der Waals surface area contributed by atoms with Gasteiger partial charge in [0.15, 0.2) is 5.16 Å². The molecule has 0 saturated carbocycles. The molecule has 180 valence electrons. The van der Waals surface area contributed by atoms with Crippen LogP contribution in [0.2, 0.25) is 0 Å². The molecule has 0 unspecified atom stereocenters. The SMILES string of the molecule is CCCn1cc(Cc2cnc(OC)nc2)c(=O)nc1SCc1ccc(Oc2ccc(F)cc2)cc1. The van der Waals surface area contributed by atoms with Gasteiger partial charge in [0.05, 0.1) is 7.11 Å². The molecule has 0 spiro atoms. The largest absolute Gasteiger partial charge is 0.467 e. The van der Waals surface area contributed by atoms with E-state index in [-0.39, 0.29) is 17.4 Å². The lowest BCUT2D eigenvalue weighted by atomic mass is 10.1. The van der Waals surface area contributed by atoms with Gasteiger partial charge in [-0.15, -0.1) is 0 Å². The van der Waals surface area contributed by atoms with E-state index >= 15 is 0 Å². The molecule has 0 aliphatic rings. The van der Waals surface area contributed by atoms with Crippen molar-refractivity contribution in [3.63, 3.8) is 0 Å². The molecule has 0 bridgehead atoms. The summed E-state index contributed by atoms with van der Waals surface area (Å²) >= 11 is 1.51. The summed E-state index contributed by atoms with van der Waals surface area (Å²) in [5.41, 5.74) is 2.23. The molecule has 0 radical (unpaired) electrons. The van der Waals surface area contributed by atoms with E-state index < -0.39 is 0 Å². The average molecular weight is 493 g/mol. The Bertz CT molecular complexity index is 1310. The first kappa shape index (κ1) is 24.4. The second-order valence-electron chi connectivity index (χ2n) is 7.79. The predicted octanol–water partition coefficient (Wildman–Crippen LogP) is 5.27. The van der Waals surface area contributed by atoms with Crippen molar-refractivity contribution in [2.45, 2.75) is 37.2 Å². The Kier molecular flexibility index (Phi) is 8.10. The summed E-state index contributed by atoms with van der Waals surface area (Å²) in [6, 6.07) is 13.8. The van der Waals surface area contributed by atoms with Crippen LogP contribution in [-0.2, 0) is 18.7 Å². The number of benzene rings is 2. The third-order valence-corrected chi connectivity index (χ3v) is 6.15. The van der Waals surface area contributed by atoms with Crippen molar-refractivity contribution in [3.05, 3.63) is 100.0 Å². The van der Waals surface area contributed by atoms with Gasteiger partial charge in [-0.05, 0) is 53.9 Å². The highest BCUT2D eigenvalue weighted by atomic mass is 32.2. The van der Waals surface area contributed by atoms with Gasteiger partial charge in [-0.25, -0.2) is 14.4 Å². The summed E-state index contributed by atoms with van der Waals surface area (Å²) < 4.78 is 25.8. The monoisotopic (exact) mass is 492 g/mol. The molecule has 0 aliphatic carbocycles. The highest BCUT2D eigenvalue weighted by molar-refractivity contribution is 7.98. The van der Waals surface area contributed by atoms with E-state index in [1.165, 1.54) is 31.0 Å². The van der Waals surface area contributed by atoms with E-state index in [2.05, 4.69) is 21.9 Å². The highest BCUT2D eigenvalue weighted by Gasteiger charge is 2.11. The van der Waals surface area contributed by atoms with Crippen molar-refractivity contribution in [1.82, 2.24) is 19.5 Å². The molecule has 2 aromatic carbocycles. The van der Waals surface area contributed by atoms with Gasteiger partial charge in [-0.1, -0.05) is 30.8 Å². The van der Waals surface area contributed by atoms with Crippen molar-refractivity contribution in [2.24, 2.45) is 0 Å². The summed E-state index contributed by atoms with van der Waals surface area (Å²) in [4.78, 5) is 25.3. The standard InChI is InChI=1S/C26H25FN4O3S/c1-3-12-31-16-20(13-19-14-28-25(33-2)29-15-19)24(32)30-26(31)35-17-18-4-8-22(9-5-18)34-23-10-6-21(27)7-11-23/h4-11,14-16H,3,12-13,17H2,1-2H3. The molecule has 9 heteroatoms. The van der Waals surface area contributed by atoms with Crippen LogP contribution in [0.4, 0.5) is 4.39 Å². The number of hydrogen-bond donors (Lipinski definition) is 0. The van der Waals surface area contributed by atoms with Crippen molar-refractivity contribution in [1.29, 1.82) is 0 Å². The molecule has 0 fully saturated rings. The average Bonchev–Trinajstić information content (AvgIpc) is 2.88. The van der Waals surface area contributed by atoms with Crippen molar-refractivity contribution in [2.75, 3.05) is 7.11 Å². The van der Waals surface area contributed by atoms with E-state index in [1.54, 1.807) is 24.5 Å². The Morgan fingerprint density at radius 2 is 1.63 bits per heavy atom. The fourth-order valence-corrected chi connectivity index (χ4v) is 4.30. The second-order valence-corrected chi connectivity index (χ2v) is 8.73. The van der Waals surface area contributed by atoms with Crippen LogP contribution in [-0.4, -0.2) is 26.6 Å². The number of hydrogen-bond acceptors (Lipinski definition) is 7. The van der Waals surface area contributed by atoms with Gasteiger partial charge in [0.25, 0.3) is 5.56 Å². The van der Waals surface area contributed by atoms with Crippen LogP contribution >= 0.6 is 11.8 Å². The minimum absolute atomic E-state index is 0.251. The number of aromatic nitrogens is 4. The molecule has 0 N–H and O–H groups in total. The van der Waals surface area contributed by atoms with Crippen LogP contribution in [0.25, 0.3) is 0 Å². The van der Waals surface area contributed by atoms with Crippen molar-refractivity contribution < 1.29 is 13.9 Å². The van der Waals surface area contributed by atoms with Crippen LogP contribution in [0.3, 0.4) is 0 Å². The summed E-state index contributed by atoms with van der Waals surface area (Å²) in [6.45, 7) is 2.84. The topological polar surface area (TPSA) is 79.1 Å². The van der Waals surface area contributed by atoms with Gasteiger partial charge < -0.3 is 14.0 Å². The van der Waals surface area contributed by atoms with Crippen LogP contribution in [0.15, 0.2) is 77.1 Å². The fourth-order valence-electron chi connectivity index (χ4n) is 3.36. The van der Waals surface area contributed by atoms with Gasteiger partial charge in [0.2, 0.25) is 0 Å². The minimum atomic E-state index is -0.303. The Balaban J connectivity index is 1.43. The summed E-state index contributed by atoms with van der Waals surface area (Å²) in [5.74, 6) is 1.59. The molecule has 0 atom stereocenters. The van der Waals surface area contributed by atoms with E-state index in [4.69, 9.17) is 9.47 Å². The Morgan fingerprint density at radius 3 is 2.26 bits per heavy atom. The maximum Gasteiger partial charge on any atom is 0.316 e. The molecule has 0 saturated heterocycles. The quantitative estimate of drug-likeness (QED) is 0.220. The third kappa shape index (κ3) is 6.66. The van der Waals surface area contributed by atoms with Crippen molar-refractivity contribution in [3.8, 4) is 17.5 Å². The Morgan fingerprint density at radius 1 is 0.971 bits per heavy atom. The van der Waals surface area contributed by atoms with E-state index in [1.807, 2.05) is 35.0 Å². The van der Waals surface area contributed by atoms with Gasteiger partial charge >= 0.3 is 6.01 Å². The van der Waals surface area contributed by atoms with Gasteiger partial charge in [0, 0.05) is 42.9 Å². The lowest BCUT2D eigenvalue weighted by Gasteiger charge is -2.13. The van der Waals surface area contributed by atoms with Crippen LogP contribution < -0.4 is 15.0 Å². The number of halogens is 1.